The number of carboxylic acids is 1. The summed E-state index contributed by atoms with van der Waals surface area (Å²) in [7, 11) is 0. The molecule has 0 unspecified atom stereocenters. The molecule has 0 amide bonds. The Morgan fingerprint density at radius 1 is 0.692 bits per heavy atom. The van der Waals surface area contributed by atoms with E-state index >= 15 is 0 Å². The third-order valence-electron chi connectivity index (χ3n) is 3.99. The number of aliphatic carboxylic acids is 1. The van der Waals surface area contributed by atoms with Gasteiger partial charge in [0.05, 0.1) is 0 Å². The van der Waals surface area contributed by atoms with Crippen LogP contribution in [-0.2, 0) is 4.79 Å². The Hall–Kier alpha value is -0.0775. The van der Waals surface area contributed by atoms with E-state index in [0.717, 1.165) is 12.8 Å². The maximum atomic E-state index is 10.3. The predicted octanol–water partition coefficient (Wildman–Crippen LogP) is 5.51. The van der Waals surface area contributed by atoms with Crippen molar-refractivity contribution in [2.45, 2.75) is 130 Å². The largest absolute Gasteiger partial charge is 0.481 e. The van der Waals surface area contributed by atoms with Crippen molar-refractivity contribution >= 4 is 23.3 Å². The highest BCUT2D eigenvalue weighted by Gasteiger charge is 1.97. The monoisotopic (exact) mass is 389 g/mol. The molecule has 26 heavy (non-hydrogen) atoms. The zero-order valence-corrected chi connectivity index (χ0v) is 18.9. The van der Waals surface area contributed by atoms with Gasteiger partial charge in [-0.15, -0.1) is 0 Å². The fourth-order valence-electron chi connectivity index (χ4n) is 2.65. The summed E-state index contributed by atoms with van der Waals surface area (Å²) in [6, 6.07) is 0. The first kappa shape index (κ1) is 33.5. The minimum absolute atomic E-state index is 0. The second-order valence-corrected chi connectivity index (χ2v) is 7.19. The third-order valence-corrected chi connectivity index (χ3v) is 3.99. The first-order valence-corrected chi connectivity index (χ1v) is 10.4. The van der Waals surface area contributed by atoms with Crippen molar-refractivity contribution in [1.29, 1.82) is 0 Å². The number of aliphatic hydroxyl groups is 1. The van der Waals surface area contributed by atoms with Crippen LogP contribution in [0.25, 0.3) is 0 Å². The summed E-state index contributed by atoms with van der Waals surface area (Å²) < 4.78 is 0. The molecule has 5 heteroatoms. The van der Waals surface area contributed by atoms with Crippen LogP contribution in [0.15, 0.2) is 0 Å². The normalized spacial score (nSPS) is 9.73. The van der Waals surface area contributed by atoms with Gasteiger partial charge >= 0.3 is 5.97 Å². The van der Waals surface area contributed by atoms with E-state index in [9.17, 15) is 4.79 Å². The van der Waals surface area contributed by atoms with Gasteiger partial charge in [0.15, 0.2) is 0 Å². The number of unbranched alkanes of at least 4 members (excludes halogenated alkanes) is 14. The summed E-state index contributed by atoms with van der Waals surface area (Å²) in [5.74, 6) is -0.653. The van der Waals surface area contributed by atoms with E-state index in [1.54, 1.807) is 13.8 Å². The van der Waals surface area contributed by atoms with Gasteiger partial charge in [-0.1, -0.05) is 96.8 Å². The number of hydrogen-bond acceptors (Lipinski definition) is 2. The number of aliphatic hydroxyl groups excluding tert-OH is 1. The first-order valence-electron chi connectivity index (χ1n) is 10.4. The lowest BCUT2D eigenvalue weighted by Crippen LogP contribution is -1.93. The molecule has 4 nitrogen and oxygen atoms in total. The molecule has 0 aromatic carbocycles. The maximum absolute atomic E-state index is 10.3. The maximum Gasteiger partial charge on any atom is 0.303 e. The summed E-state index contributed by atoms with van der Waals surface area (Å²) in [5, 5.41) is 16.6. The molecule has 0 fully saturated rings. The van der Waals surface area contributed by atoms with Crippen molar-refractivity contribution in [1.82, 2.24) is 0 Å². The Morgan fingerprint density at radius 2 is 0.923 bits per heavy atom. The topological polar surface area (TPSA) is 89.0 Å². The van der Waals surface area contributed by atoms with Crippen molar-refractivity contribution < 1.29 is 20.5 Å². The lowest BCUT2D eigenvalue weighted by atomic mass is 10.0. The smallest absolute Gasteiger partial charge is 0.303 e. The van der Waals surface area contributed by atoms with Crippen LogP contribution in [0.2, 0.25) is 0 Å². The Morgan fingerprint density at radius 3 is 1.15 bits per heavy atom. The average molecular weight is 390 g/mol. The van der Waals surface area contributed by atoms with Crippen LogP contribution in [0.1, 0.15) is 124 Å². The zero-order chi connectivity index (χ0) is 18.5. The molecule has 0 saturated heterocycles. The number of carboxylic acid groups (broad SMARTS) is 1. The molecule has 0 aliphatic carbocycles. The second kappa shape index (κ2) is 29.7. The van der Waals surface area contributed by atoms with Crippen molar-refractivity contribution in [3.8, 4) is 0 Å². The molecule has 4 N–H and O–H groups in total. The first-order chi connectivity index (χ1) is 11.5. The molecular formula is C21H46AlO4. The lowest BCUT2D eigenvalue weighted by molar-refractivity contribution is -0.137. The molecule has 0 aromatic heterocycles. The standard InChI is InChI=1S/C18H36O2.C3H8O.Al.H2O/c1-2-3-4-5-6-7-8-9-10-11-12-13-14-15-16-17-18(19)20;1-3(2)4;;/h2-17H2,1H3,(H,19,20);3-4H,1-2H3;;1H2. The van der Waals surface area contributed by atoms with E-state index in [4.69, 9.17) is 10.2 Å². The van der Waals surface area contributed by atoms with Gasteiger partial charge in [0.1, 0.15) is 0 Å². The highest BCUT2D eigenvalue weighted by atomic mass is 27.0. The van der Waals surface area contributed by atoms with Crippen LogP contribution in [0, 0.1) is 0 Å². The average Bonchev–Trinajstić information content (AvgIpc) is 2.50. The van der Waals surface area contributed by atoms with Crippen molar-refractivity contribution in [2.24, 2.45) is 0 Å². The van der Waals surface area contributed by atoms with Gasteiger partial charge in [-0.3, -0.25) is 4.79 Å². The van der Waals surface area contributed by atoms with E-state index in [1.807, 2.05) is 0 Å². The van der Waals surface area contributed by atoms with Crippen LogP contribution in [0.4, 0.5) is 0 Å². The Labute approximate surface area is 173 Å². The lowest BCUT2D eigenvalue weighted by Gasteiger charge is -2.03. The third kappa shape index (κ3) is 43.9. The van der Waals surface area contributed by atoms with Crippen LogP contribution >= 0.6 is 0 Å². The summed E-state index contributed by atoms with van der Waals surface area (Å²) in [5.41, 5.74) is 0. The van der Waals surface area contributed by atoms with Crippen molar-refractivity contribution in [3.05, 3.63) is 0 Å². The fourth-order valence-corrected chi connectivity index (χ4v) is 2.65. The minimum atomic E-state index is -0.653. The summed E-state index contributed by atoms with van der Waals surface area (Å²) in [6.45, 7) is 5.71. The number of hydrogen-bond donors (Lipinski definition) is 2. The van der Waals surface area contributed by atoms with Gasteiger partial charge in [0.2, 0.25) is 0 Å². The van der Waals surface area contributed by atoms with Gasteiger partial charge in [0.25, 0.3) is 0 Å². The molecular weight excluding hydrogens is 343 g/mol. The van der Waals surface area contributed by atoms with Gasteiger partial charge in [0, 0.05) is 29.9 Å². The van der Waals surface area contributed by atoms with E-state index in [-0.39, 0.29) is 28.9 Å². The highest BCUT2D eigenvalue weighted by molar-refractivity contribution is 5.75. The molecule has 0 aliphatic heterocycles. The Balaban J connectivity index is -0.000000363. The molecule has 0 bridgehead atoms. The molecule has 3 radical (unpaired) electrons. The van der Waals surface area contributed by atoms with Crippen LogP contribution in [0.5, 0.6) is 0 Å². The molecule has 0 atom stereocenters. The van der Waals surface area contributed by atoms with Gasteiger partial charge in [-0.05, 0) is 20.3 Å². The van der Waals surface area contributed by atoms with E-state index in [1.165, 1.54) is 83.5 Å². The molecule has 0 spiro atoms. The van der Waals surface area contributed by atoms with Crippen molar-refractivity contribution in [3.63, 3.8) is 0 Å². The second-order valence-electron chi connectivity index (χ2n) is 7.19. The number of carbonyl (C=O) groups is 1. The van der Waals surface area contributed by atoms with E-state index in [0.29, 0.717) is 6.42 Å². The molecule has 0 heterocycles. The Bertz CT molecular complexity index is 245. The zero-order valence-electron chi connectivity index (χ0n) is 17.8. The molecule has 0 saturated carbocycles. The number of rotatable bonds is 16. The highest BCUT2D eigenvalue weighted by Crippen LogP contribution is 2.13. The molecule has 0 aromatic rings. The van der Waals surface area contributed by atoms with E-state index < -0.39 is 5.97 Å². The quantitative estimate of drug-likeness (QED) is 0.269. The van der Waals surface area contributed by atoms with Crippen LogP contribution in [0.3, 0.4) is 0 Å². The SMILES string of the molecule is CC(C)O.CCCCCCCCCCCCCCCCCC(=O)O.O.[Al]. The molecule has 0 aliphatic rings. The Kier molecular flexibility index (Phi) is 38.2. The summed E-state index contributed by atoms with van der Waals surface area (Å²) in [6.07, 6.45) is 20.0. The van der Waals surface area contributed by atoms with Crippen molar-refractivity contribution in [2.75, 3.05) is 0 Å². The molecule has 0 rings (SSSR count). The summed E-state index contributed by atoms with van der Waals surface area (Å²) in [4.78, 5) is 10.3. The minimum Gasteiger partial charge on any atom is -0.481 e. The van der Waals surface area contributed by atoms with E-state index in [2.05, 4.69) is 6.92 Å². The van der Waals surface area contributed by atoms with Crippen LogP contribution < -0.4 is 0 Å². The van der Waals surface area contributed by atoms with Gasteiger partial charge in [-0.25, -0.2) is 0 Å². The van der Waals surface area contributed by atoms with Crippen LogP contribution in [-0.4, -0.2) is 45.1 Å². The van der Waals surface area contributed by atoms with Gasteiger partial charge in [-0.2, -0.15) is 0 Å². The summed E-state index contributed by atoms with van der Waals surface area (Å²) >= 11 is 0. The molecule has 157 valence electrons. The predicted molar refractivity (Wildman–Crippen MR) is 114 cm³/mol. The van der Waals surface area contributed by atoms with Gasteiger partial charge < -0.3 is 15.7 Å². The fraction of sp³-hybridized carbons (Fsp3) is 0.952.